The van der Waals surface area contributed by atoms with Gasteiger partial charge in [0.1, 0.15) is 5.69 Å². The molecule has 26 heavy (non-hydrogen) atoms. The maximum atomic E-state index is 12.6. The van der Waals surface area contributed by atoms with Crippen molar-refractivity contribution in [2.75, 3.05) is 0 Å². The third kappa shape index (κ3) is 4.30. The van der Waals surface area contributed by atoms with E-state index in [4.69, 9.17) is 4.42 Å². The van der Waals surface area contributed by atoms with E-state index in [-0.39, 0.29) is 18.9 Å². The summed E-state index contributed by atoms with van der Waals surface area (Å²) in [5, 5.41) is 2.75. The van der Waals surface area contributed by atoms with E-state index in [0.717, 1.165) is 17.7 Å². The highest BCUT2D eigenvalue weighted by molar-refractivity contribution is 5.78. The summed E-state index contributed by atoms with van der Waals surface area (Å²) in [4.78, 5) is 16.4. The Morgan fingerprint density at radius 1 is 1.08 bits per heavy atom. The molecule has 134 valence electrons. The minimum atomic E-state index is -4.39. The highest BCUT2D eigenvalue weighted by atomic mass is 19.4. The lowest BCUT2D eigenvalue weighted by Gasteiger charge is -2.09. The normalized spacial score (nSPS) is 11.3. The number of hydrogen-bond acceptors (Lipinski definition) is 3. The number of benzene rings is 1. The maximum Gasteiger partial charge on any atom is 0.416 e. The molecule has 0 unspecified atom stereocenters. The number of carbonyl (C=O) groups is 1. The van der Waals surface area contributed by atoms with Gasteiger partial charge in [-0.15, -0.1) is 0 Å². The summed E-state index contributed by atoms with van der Waals surface area (Å²) in [6.07, 6.45) is -1.22. The Morgan fingerprint density at radius 2 is 1.85 bits per heavy atom. The largest absolute Gasteiger partial charge is 0.463 e. The number of furan rings is 1. The predicted molar refractivity (Wildman–Crippen MR) is 88.9 cm³/mol. The van der Waals surface area contributed by atoms with Crippen molar-refractivity contribution in [2.45, 2.75) is 19.1 Å². The fourth-order valence-electron chi connectivity index (χ4n) is 2.47. The molecule has 0 spiro atoms. The van der Waals surface area contributed by atoms with Crippen LogP contribution in [0.15, 0.2) is 65.4 Å². The molecular formula is C19H15F3N2O2. The summed E-state index contributed by atoms with van der Waals surface area (Å²) in [6, 6.07) is 11.7. The number of aromatic nitrogens is 1. The van der Waals surface area contributed by atoms with E-state index in [1.54, 1.807) is 24.4 Å². The Labute approximate surface area is 147 Å². The molecule has 1 aromatic carbocycles. The summed E-state index contributed by atoms with van der Waals surface area (Å²) in [6.45, 7) is 0.239. The van der Waals surface area contributed by atoms with Crippen LogP contribution in [-0.2, 0) is 23.9 Å². The summed E-state index contributed by atoms with van der Waals surface area (Å²) in [5.74, 6) is 0.302. The molecule has 1 amide bonds. The molecule has 0 atom stereocenters. The van der Waals surface area contributed by atoms with Crippen molar-refractivity contribution < 1.29 is 22.4 Å². The van der Waals surface area contributed by atoms with Gasteiger partial charge in [0.15, 0.2) is 5.76 Å². The van der Waals surface area contributed by atoms with Gasteiger partial charge in [-0.3, -0.25) is 9.78 Å². The lowest BCUT2D eigenvalue weighted by molar-refractivity contribution is -0.137. The van der Waals surface area contributed by atoms with Gasteiger partial charge < -0.3 is 9.73 Å². The molecule has 4 nitrogen and oxygen atoms in total. The maximum absolute atomic E-state index is 12.6. The van der Waals surface area contributed by atoms with Crippen molar-refractivity contribution in [3.63, 3.8) is 0 Å². The second-order valence-corrected chi connectivity index (χ2v) is 5.64. The van der Waals surface area contributed by atoms with Crippen LogP contribution >= 0.6 is 0 Å². The van der Waals surface area contributed by atoms with E-state index in [1.165, 1.54) is 18.4 Å². The van der Waals surface area contributed by atoms with Gasteiger partial charge >= 0.3 is 6.18 Å². The minimum absolute atomic E-state index is 0.00547. The average Bonchev–Trinajstić information content (AvgIpc) is 3.14. The summed E-state index contributed by atoms with van der Waals surface area (Å²) in [5.41, 5.74) is 1.18. The zero-order chi connectivity index (χ0) is 18.6. The summed E-state index contributed by atoms with van der Waals surface area (Å²) >= 11 is 0. The molecule has 0 saturated heterocycles. The first-order valence-electron chi connectivity index (χ1n) is 7.84. The highest BCUT2D eigenvalue weighted by Crippen LogP contribution is 2.29. The van der Waals surface area contributed by atoms with Gasteiger partial charge in [0.2, 0.25) is 5.91 Å². The third-order valence-electron chi connectivity index (χ3n) is 3.77. The Hall–Kier alpha value is -3.09. The Kier molecular flexibility index (Phi) is 5.06. The predicted octanol–water partition coefficient (Wildman–Crippen LogP) is 4.22. The number of carbonyl (C=O) groups excluding carboxylic acids is 1. The molecule has 0 aliphatic heterocycles. The van der Waals surface area contributed by atoms with Crippen LogP contribution in [0.25, 0.3) is 11.5 Å². The molecule has 2 heterocycles. The van der Waals surface area contributed by atoms with Crippen molar-refractivity contribution in [2.24, 2.45) is 0 Å². The zero-order valence-electron chi connectivity index (χ0n) is 13.6. The fraction of sp³-hybridized carbons (Fsp3) is 0.158. The number of pyridine rings is 1. The number of alkyl halides is 3. The van der Waals surface area contributed by atoms with Gasteiger partial charge in [0.05, 0.1) is 18.2 Å². The number of nitrogens with one attached hydrogen (secondary N) is 1. The molecule has 0 saturated carbocycles. The number of hydrogen-bond donors (Lipinski definition) is 1. The smallest absolute Gasteiger partial charge is 0.416 e. The number of rotatable bonds is 5. The van der Waals surface area contributed by atoms with E-state index in [0.29, 0.717) is 17.0 Å². The van der Waals surface area contributed by atoms with Crippen LogP contribution in [0.2, 0.25) is 0 Å². The Balaban J connectivity index is 1.62. The molecular weight excluding hydrogens is 345 g/mol. The van der Waals surface area contributed by atoms with E-state index < -0.39 is 11.7 Å². The van der Waals surface area contributed by atoms with E-state index in [1.807, 2.05) is 6.07 Å². The van der Waals surface area contributed by atoms with E-state index in [9.17, 15) is 18.0 Å². The fourth-order valence-corrected chi connectivity index (χ4v) is 2.47. The summed E-state index contributed by atoms with van der Waals surface area (Å²) in [7, 11) is 0. The van der Waals surface area contributed by atoms with Crippen LogP contribution in [0.1, 0.15) is 16.7 Å². The summed E-state index contributed by atoms with van der Waals surface area (Å²) < 4.78 is 43.0. The van der Waals surface area contributed by atoms with Crippen molar-refractivity contribution in [3.8, 4) is 11.5 Å². The molecule has 0 fully saturated rings. The standard InChI is InChI=1S/C19H15F3N2O2/c20-19(21,22)15-7-5-13(6-8-15)11-17(25)24-12-14-3-1-9-23-18(14)16-4-2-10-26-16/h1-10H,11-12H2,(H,24,25). The molecule has 0 radical (unpaired) electrons. The van der Waals surface area contributed by atoms with Gasteiger partial charge in [0.25, 0.3) is 0 Å². The quantitative estimate of drug-likeness (QED) is 0.741. The first-order valence-corrected chi connectivity index (χ1v) is 7.84. The topological polar surface area (TPSA) is 55.1 Å². The highest BCUT2D eigenvalue weighted by Gasteiger charge is 2.29. The second-order valence-electron chi connectivity index (χ2n) is 5.64. The second kappa shape index (κ2) is 7.43. The van der Waals surface area contributed by atoms with Crippen molar-refractivity contribution in [1.82, 2.24) is 10.3 Å². The number of amides is 1. The average molecular weight is 360 g/mol. The van der Waals surface area contributed by atoms with Gasteiger partial charge in [-0.1, -0.05) is 18.2 Å². The zero-order valence-corrected chi connectivity index (χ0v) is 13.6. The van der Waals surface area contributed by atoms with E-state index >= 15 is 0 Å². The molecule has 0 bridgehead atoms. The third-order valence-corrected chi connectivity index (χ3v) is 3.77. The number of halogens is 3. The Bertz CT molecular complexity index is 873. The molecule has 0 aliphatic carbocycles. The van der Waals surface area contributed by atoms with Gasteiger partial charge in [0, 0.05) is 18.3 Å². The van der Waals surface area contributed by atoms with Gasteiger partial charge in [-0.2, -0.15) is 13.2 Å². The van der Waals surface area contributed by atoms with Crippen LogP contribution in [0, 0.1) is 0 Å². The first-order chi connectivity index (χ1) is 12.4. The number of nitrogens with zero attached hydrogens (tertiary/aromatic N) is 1. The van der Waals surface area contributed by atoms with Crippen LogP contribution < -0.4 is 5.32 Å². The lowest BCUT2D eigenvalue weighted by Crippen LogP contribution is -2.25. The SMILES string of the molecule is O=C(Cc1ccc(C(F)(F)F)cc1)NCc1cccnc1-c1ccco1. The first kappa shape index (κ1) is 17.7. The molecule has 0 aliphatic rings. The molecule has 1 N–H and O–H groups in total. The van der Waals surface area contributed by atoms with Crippen LogP contribution in [-0.4, -0.2) is 10.9 Å². The molecule has 2 aromatic heterocycles. The minimum Gasteiger partial charge on any atom is -0.463 e. The van der Waals surface area contributed by atoms with Gasteiger partial charge in [-0.25, -0.2) is 0 Å². The van der Waals surface area contributed by atoms with Crippen LogP contribution in [0.4, 0.5) is 13.2 Å². The Morgan fingerprint density at radius 3 is 2.50 bits per heavy atom. The lowest BCUT2D eigenvalue weighted by atomic mass is 10.1. The van der Waals surface area contributed by atoms with Gasteiger partial charge in [-0.05, 0) is 35.9 Å². The monoisotopic (exact) mass is 360 g/mol. The van der Waals surface area contributed by atoms with Crippen molar-refractivity contribution >= 4 is 5.91 Å². The van der Waals surface area contributed by atoms with Crippen molar-refractivity contribution in [1.29, 1.82) is 0 Å². The van der Waals surface area contributed by atoms with Crippen LogP contribution in [0.3, 0.4) is 0 Å². The molecule has 7 heteroatoms. The van der Waals surface area contributed by atoms with E-state index in [2.05, 4.69) is 10.3 Å². The van der Waals surface area contributed by atoms with Crippen molar-refractivity contribution in [3.05, 3.63) is 77.7 Å². The van der Waals surface area contributed by atoms with Crippen LogP contribution in [0.5, 0.6) is 0 Å². The molecule has 3 aromatic rings. The molecule has 3 rings (SSSR count).